The molecule has 3 saturated heterocycles. The van der Waals surface area contributed by atoms with Crippen molar-refractivity contribution in [1.82, 2.24) is 47.2 Å². The summed E-state index contributed by atoms with van der Waals surface area (Å²) in [6.45, 7) is 33.5. The van der Waals surface area contributed by atoms with Gasteiger partial charge in [-0.3, -0.25) is 67.1 Å². The van der Waals surface area contributed by atoms with E-state index in [-0.39, 0.29) is 176 Å². The Kier molecular flexibility index (Phi) is 62.2. The summed E-state index contributed by atoms with van der Waals surface area (Å²) in [5.41, 5.74) is 0. The van der Waals surface area contributed by atoms with E-state index < -0.39 is 201 Å². The van der Waals surface area contributed by atoms with Crippen LogP contribution in [0.1, 0.15) is 143 Å². The summed E-state index contributed by atoms with van der Waals surface area (Å²) in [5, 5.41) is 21.7. The lowest BCUT2D eigenvalue weighted by Crippen LogP contribution is -2.62. The molecule has 762 valence electrons. The predicted molar refractivity (Wildman–Crippen MR) is 466 cm³/mol. The molecule has 0 spiro atoms. The third kappa shape index (κ3) is 52.1. The summed E-state index contributed by atoms with van der Waals surface area (Å²) in [7, 11) is -1.34. The van der Waals surface area contributed by atoms with E-state index in [1.807, 2.05) is 0 Å². The molecule has 0 aromatic carbocycles. The minimum Gasteiger partial charge on any atom is -0.463 e. The lowest BCUT2D eigenvalue weighted by molar-refractivity contribution is -0.264. The van der Waals surface area contributed by atoms with Gasteiger partial charge in [-0.1, -0.05) is 20.8 Å². The molecule has 0 bridgehead atoms. The van der Waals surface area contributed by atoms with Crippen LogP contribution in [0.3, 0.4) is 0 Å². The van der Waals surface area contributed by atoms with Crippen LogP contribution in [0.15, 0.2) is 0 Å². The number of hydrogen-bond acceptors (Lipinski definition) is 38. The first-order valence-corrected chi connectivity index (χ1v) is 45.9. The van der Waals surface area contributed by atoms with Gasteiger partial charge in [-0.15, -0.1) is 0 Å². The van der Waals surface area contributed by atoms with Crippen molar-refractivity contribution in [2.75, 3.05) is 198 Å². The van der Waals surface area contributed by atoms with Gasteiger partial charge in [0, 0.05) is 131 Å². The molecule has 0 saturated carbocycles. The molecule has 3 fully saturated rings. The number of carbonyl (C=O) groups excluding carboxylic acids is 14. The van der Waals surface area contributed by atoms with Crippen LogP contribution in [0.4, 0.5) is 0 Å². The van der Waals surface area contributed by atoms with Gasteiger partial charge in [-0.2, -0.15) is 0 Å². The fourth-order valence-electron chi connectivity index (χ4n) is 13.8. The minimum absolute atomic E-state index is 0.0307. The Balaban J connectivity index is 1.68. The van der Waals surface area contributed by atoms with Crippen molar-refractivity contribution in [3.05, 3.63) is 11.4 Å². The standard InChI is InChI=1S/C85H145N10O37P/c1-53(2)95(54(3)4)133(125-31-23-86-17)126-49-45-118-41-40-117-39-38-116-37-36-115-35-34-114-33-32-110-27-22-74(107)94-68(82(109)89-26-30-113-44-48-121-85-77(92-60(10)98)57(7)80(129-66(16)104)71(132-85)52-124-63(13)101)19-21-73(106)93-67(81(108)88-25-29-112-43-47-120-84-76(91-59(9)97)56(6)79(128-65(15)103)70(131-84)51-123-62(12)100)18-20-72(105)87-24-28-111-42-46-119-83-75(90-58(8)96)55(5)78(127-64(14)102)69(130-83)50-122-61(11)99/h53-57,67-71,75-80,83-85H,18-52H2,1-16H3,(H,87,105)(H,88,108)(H,89,109)(H,90,96)(H,91,97)(H,92,98)(H,93,106)(H,94,107)/t55?,56?,57?,67-,68-,69?,70?,71?,75?,76?,77?,78?,79?,80?,83?,84?,85?,133?/m0/s1. The molecular weight excluding hydrogens is 1780 g/mol. The third-order valence-electron chi connectivity index (χ3n) is 19.8. The molecule has 47 nitrogen and oxygen atoms in total. The summed E-state index contributed by atoms with van der Waals surface area (Å²) in [4.78, 5) is 181. The van der Waals surface area contributed by atoms with Gasteiger partial charge in [0.15, 0.2) is 18.9 Å². The fraction of sp³-hybridized carbons (Fsp3) is 0.824. The van der Waals surface area contributed by atoms with Crippen LogP contribution in [0.2, 0.25) is 0 Å². The summed E-state index contributed by atoms with van der Waals surface area (Å²) >= 11 is 0. The molecular formula is C85H145N10O37P. The van der Waals surface area contributed by atoms with Gasteiger partial charge >= 0.3 is 35.8 Å². The molecule has 3 rings (SSSR count). The molecule has 0 radical (unpaired) electrons. The van der Waals surface area contributed by atoms with Gasteiger partial charge in [0.1, 0.15) is 75.1 Å². The van der Waals surface area contributed by atoms with Crippen LogP contribution < -0.4 is 42.5 Å². The Labute approximate surface area is 779 Å². The van der Waals surface area contributed by atoms with E-state index in [0.29, 0.717) is 59.5 Å². The van der Waals surface area contributed by atoms with Crippen molar-refractivity contribution in [3.8, 4) is 0 Å². The van der Waals surface area contributed by atoms with Crippen LogP contribution in [0, 0.1) is 24.3 Å². The van der Waals surface area contributed by atoms with Gasteiger partial charge < -0.3 is 156 Å². The summed E-state index contributed by atoms with van der Waals surface area (Å²) in [6.07, 6.45) is -10.6. The second-order valence-corrected chi connectivity index (χ2v) is 32.9. The highest BCUT2D eigenvalue weighted by Crippen LogP contribution is 2.46. The summed E-state index contributed by atoms with van der Waals surface area (Å²) in [6, 6.07) is -4.83. The van der Waals surface area contributed by atoms with Crippen molar-refractivity contribution < 1.29 is 176 Å². The smallest absolute Gasteiger partial charge is 0.303 e. The van der Waals surface area contributed by atoms with Gasteiger partial charge in [0.25, 0.3) is 8.53 Å². The molecule has 0 aliphatic carbocycles. The summed E-state index contributed by atoms with van der Waals surface area (Å²) in [5.74, 6) is -10.2. The molecule has 3 aliphatic heterocycles. The number of hydrogen-bond donors (Lipinski definition) is 8. The maximum absolute atomic E-state index is 14.1. The van der Waals surface area contributed by atoms with Gasteiger partial charge in [-0.05, 0) is 40.5 Å². The number of rotatable bonds is 71. The van der Waals surface area contributed by atoms with Crippen molar-refractivity contribution in [2.24, 2.45) is 17.8 Å². The number of amides is 8. The van der Waals surface area contributed by atoms with E-state index in [1.165, 1.54) is 62.3 Å². The van der Waals surface area contributed by atoms with E-state index >= 15 is 0 Å². The molecule has 18 atom stereocenters. The minimum atomic E-state index is -1.38. The fourth-order valence-corrected chi connectivity index (χ4v) is 15.3. The second-order valence-electron chi connectivity index (χ2n) is 31.5. The first kappa shape index (κ1) is 119. The summed E-state index contributed by atoms with van der Waals surface area (Å²) < 4.78 is 133. The van der Waals surface area contributed by atoms with Crippen molar-refractivity contribution in [3.63, 3.8) is 0 Å². The monoisotopic (exact) mass is 1930 g/mol. The highest BCUT2D eigenvalue weighted by molar-refractivity contribution is 7.44. The van der Waals surface area contributed by atoms with E-state index in [9.17, 15) is 67.1 Å². The largest absolute Gasteiger partial charge is 0.463 e. The van der Waals surface area contributed by atoms with Crippen LogP contribution in [0.5, 0.6) is 0 Å². The average Bonchev–Trinajstić information content (AvgIpc) is 0.803. The van der Waals surface area contributed by atoms with Crippen molar-refractivity contribution in [2.45, 2.75) is 241 Å². The Bertz CT molecular complexity index is 3490. The highest BCUT2D eigenvalue weighted by atomic mass is 31.2. The first-order chi connectivity index (χ1) is 63.4. The molecule has 8 amide bonds. The third-order valence-corrected chi connectivity index (χ3v) is 21.9. The Morgan fingerprint density at radius 1 is 0.353 bits per heavy atom. The number of ether oxygens (including phenoxy) is 21. The molecule has 3 aliphatic rings. The maximum Gasteiger partial charge on any atom is 0.303 e. The number of nitrogens with one attached hydrogen (secondary N) is 8. The molecule has 16 unspecified atom stereocenters. The quantitative estimate of drug-likeness (QED) is 0.0129. The second kappa shape index (κ2) is 69.6. The van der Waals surface area contributed by atoms with E-state index in [4.69, 9.17) is 115 Å². The van der Waals surface area contributed by atoms with Crippen LogP contribution in [-0.2, 0) is 176 Å². The Hall–Kier alpha value is -8.22. The molecule has 0 aromatic rings. The van der Waals surface area contributed by atoms with Crippen LogP contribution >= 0.6 is 8.53 Å². The molecule has 48 heteroatoms. The zero-order chi connectivity index (χ0) is 98.6. The van der Waals surface area contributed by atoms with Crippen molar-refractivity contribution in [1.29, 1.82) is 0 Å². The van der Waals surface area contributed by atoms with Gasteiger partial charge in [0.2, 0.25) is 53.8 Å². The zero-order valence-corrected chi connectivity index (χ0v) is 80.6. The number of esters is 6. The first-order valence-electron chi connectivity index (χ1n) is 44.8. The normalized spacial score (nSPS) is 22.3. The van der Waals surface area contributed by atoms with E-state index in [2.05, 4.69) is 79.7 Å². The molecule has 133 heavy (non-hydrogen) atoms. The lowest BCUT2D eigenvalue weighted by atomic mass is 9.88. The van der Waals surface area contributed by atoms with E-state index in [1.54, 1.807) is 20.8 Å². The zero-order valence-electron chi connectivity index (χ0n) is 79.7. The molecule has 3 heterocycles. The SMILES string of the molecule is [C-]#[N+]CCOP(OCCOCCOCCOCCOCCOCCOCCC(=O)N[C@@H](CCC(=O)N[C@@H](CCC(=O)NCCOCCOC1OC(COC(C)=O)C(OC(C)=O)C(C)C1NC(C)=O)C(=O)NCCOCCOC1OC(COC(C)=O)C(OC(C)=O)C(C)C1NC(C)=O)C(=O)NCCOCCOC1OC(COC(C)=O)C(OC(C)=O)C(C)C1NC(C)=O)N(C(C)C)C(C)C. The predicted octanol–water partition coefficient (Wildman–Crippen LogP) is -0.166. The Morgan fingerprint density at radius 2 is 0.639 bits per heavy atom. The molecule has 0 aromatic heterocycles. The maximum atomic E-state index is 14.1. The molecule has 8 N–H and O–H groups in total. The number of carbonyl (C=O) groups is 14. The Morgan fingerprint density at radius 3 is 0.947 bits per heavy atom. The van der Waals surface area contributed by atoms with Crippen molar-refractivity contribution >= 4 is 91.6 Å². The number of nitrogens with zero attached hydrogens (tertiary/aromatic N) is 2. The van der Waals surface area contributed by atoms with E-state index in [0.717, 1.165) is 0 Å². The van der Waals surface area contributed by atoms with Crippen LogP contribution in [-0.4, -0.2) is 383 Å². The van der Waals surface area contributed by atoms with Gasteiger partial charge in [-0.25, -0.2) is 11.2 Å². The lowest BCUT2D eigenvalue weighted by Gasteiger charge is -2.44. The highest BCUT2D eigenvalue weighted by Gasteiger charge is 2.50. The van der Waals surface area contributed by atoms with Crippen LogP contribution in [0.25, 0.3) is 4.85 Å². The average molecular weight is 1930 g/mol. The van der Waals surface area contributed by atoms with Gasteiger partial charge in [0.05, 0.1) is 163 Å². The topological polar surface area (TPSA) is 555 Å².